The van der Waals surface area contributed by atoms with Crippen LogP contribution in [-0.4, -0.2) is 56.6 Å². The minimum atomic E-state index is -0.197. The highest BCUT2D eigenvalue weighted by molar-refractivity contribution is 5.86. The van der Waals surface area contributed by atoms with Crippen molar-refractivity contribution in [3.63, 3.8) is 0 Å². The summed E-state index contributed by atoms with van der Waals surface area (Å²) in [5.74, 6) is 0.453. The predicted molar refractivity (Wildman–Crippen MR) is 120 cm³/mol. The molecule has 0 bridgehead atoms. The molecule has 1 aliphatic carbocycles. The first-order valence-corrected chi connectivity index (χ1v) is 9.38. The molecule has 1 aromatic carbocycles. The maximum absolute atomic E-state index is 13.0. The molecule has 1 heterocycles. The normalized spacial score (nSPS) is 21.9. The van der Waals surface area contributed by atoms with E-state index >= 15 is 0 Å². The van der Waals surface area contributed by atoms with Crippen molar-refractivity contribution in [3.8, 4) is 0 Å². The lowest BCUT2D eigenvalue weighted by Crippen LogP contribution is -2.49. The molecule has 1 aromatic rings. The lowest BCUT2D eigenvalue weighted by Gasteiger charge is -2.36. The van der Waals surface area contributed by atoms with Gasteiger partial charge in [0, 0.05) is 50.9 Å². The summed E-state index contributed by atoms with van der Waals surface area (Å²) in [5.41, 5.74) is 6.84. The molecule has 1 amide bonds. The van der Waals surface area contributed by atoms with Gasteiger partial charge < -0.3 is 16.0 Å². The van der Waals surface area contributed by atoms with Crippen LogP contribution in [0.5, 0.6) is 0 Å². The molecule has 0 radical (unpaired) electrons. The second kappa shape index (κ2) is 13.4. The topological polar surface area (TPSA) is 61.6 Å². The highest BCUT2D eigenvalue weighted by atomic mass is 35.5. The Balaban J connectivity index is 0.00000243. The van der Waals surface area contributed by atoms with Crippen LogP contribution in [0.4, 0.5) is 10.1 Å². The molecule has 5 nitrogen and oxygen atoms in total. The number of carbonyl (C=O) groups is 1. The van der Waals surface area contributed by atoms with E-state index in [9.17, 15) is 9.18 Å². The van der Waals surface area contributed by atoms with E-state index in [2.05, 4.69) is 15.1 Å². The number of hydrogen-bond acceptors (Lipinski definition) is 4. The summed E-state index contributed by atoms with van der Waals surface area (Å²) in [6.45, 7) is 5.97. The van der Waals surface area contributed by atoms with Gasteiger partial charge in [-0.1, -0.05) is 6.42 Å². The quantitative estimate of drug-likeness (QED) is 0.689. The molecule has 2 fully saturated rings. The smallest absolute Gasteiger partial charge is 0.223 e. The van der Waals surface area contributed by atoms with E-state index in [4.69, 9.17) is 5.73 Å². The number of nitrogens with zero attached hydrogens (tertiary/aromatic N) is 2. The zero-order valence-corrected chi connectivity index (χ0v) is 18.5. The van der Waals surface area contributed by atoms with E-state index in [1.165, 1.54) is 12.1 Å². The van der Waals surface area contributed by atoms with Crippen LogP contribution in [0.15, 0.2) is 24.3 Å². The van der Waals surface area contributed by atoms with Crippen molar-refractivity contribution >= 4 is 48.8 Å². The molecule has 0 spiro atoms. The lowest BCUT2D eigenvalue weighted by atomic mass is 9.95. The number of nitrogens with two attached hydrogens (primary N) is 1. The Labute approximate surface area is 185 Å². The molecule has 0 aromatic heterocycles. The van der Waals surface area contributed by atoms with E-state index in [0.29, 0.717) is 19.0 Å². The second-order valence-electron chi connectivity index (χ2n) is 7.13. The van der Waals surface area contributed by atoms with Crippen LogP contribution in [0.2, 0.25) is 0 Å². The molecule has 1 saturated heterocycles. The number of rotatable bonds is 6. The van der Waals surface area contributed by atoms with E-state index in [1.807, 2.05) is 12.1 Å². The molecule has 3 rings (SSSR count). The lowest BCUT2D eigenvalue weighted by molar-refractivity contribution is -0.126. The van der Waals surface area contributed by atoms with Crippen molar-refractivity contribution in [2.45, 2.75) is 19.3 Å². The Morgan fingerprint density at radius 2 is 1.71 bits per heavy atom. The predicted octanol–water partition coefficient (Wildman–Crippen LogP) is 2.70. The monoisotopic (exact) mass is 456 g/mol. The number of benzene rings is 1. The molecule has 2 atom stereocenters. The summed E-state index contributed by atoms with van der Waals surface area (Å²) in [7, 11) is 0. The minimum absolute atomic E-state index is 0. The highest BCUT2D eigenvalue weighted by Crippen LogP contribution is 2.30. The standard InChI is InChI=1S/C19H29FN4O.3ClH/c20-16-4-6-17(7-5-16)24-12-10-23(11-13-24)9-8-22-19(25)18-3-1-2-15(18)14-21;;;/h4-7,15,18H,1-3,8-14,21H2,(H,22,25);3*1H/t15-,18-;;;/m1.../s1. The maximum atomic E-state index is 13.0. The highest BCUT2D eigenvalue weighted by Gasteiger charge is 2.31. The SMILES string of the molecule is Cl.Cl.Cl.NC[C@H]1CCC[C@H]1C(=O)NCCN1CCN(c2ccc(F)cc2)CC1. The fourth-order valence-corrected chi connectivity index (χ4v) is 4.01. The Hall–Kier alpha value is -0.790. The van der Waals surface area contributed by atoms with Gasteiger partial charge in [-0.2, -0.15) is 0 Å². The summed E-state index contributed by atoms with van der Waals surface area (Å²) >= 11 is 0. The van der Waals surface area contributed by atoms with E-state index in [1.54, 1.807) is 0 Å². The van der Waals surface area contributed by atoms with Gasteiger partial charge in [-0.15, -0.1) is 37.2 Å². The number of carbonyl (C=O) groups excluding carboxylic acids is 1. The second-order valence-corrected chi connectivity index (χ2v) is 7.13. The molecule has 0 unspecified atom stereocenters. The van der Waals surface area contributed by atoms with Crippen LogP contribution in [0, 0.1) is 17.7 Å². The molecule has 1 saturated carbocycles. The number of piperazine rings is 1. The molecule has 1 aliphatic heterocycles. The Morgan fingerprint density at radius 1 is 1.07 bits per heavy atom. The van der Waals surface area contributed by atoms with Crippen LogP contribution in [0.25, 0.3) is 0 Å². The number of nitrogens with one attached hydrogen (secondary N) is 1. The van der Waals surface area contributed by atoms with Gasteiger partial charge in [-0.05, 0) is 49.6 Å². The number of amides is 1. The van der Waals surface area contributed by atoms with Gasteiger partial charge >= 0.3 is 0 Å². The third-order valence-electron chi connectivity index (χ3n) is 5.59. The van der Waals surface area contributed by atoms with E-state index < -0.39 is 0 Å². The molecular weight excluding hydrogens is 426 g/mol. The van der Waals surface area contributed by atoms with Crippen LogP contribution in [-0.2, 0) is 4.79 Å². The molecule has 162 valence electrons. The summed E-state index contributed by atoms with van der Waals surface area (Å²) in [4.78, 5) is 16.9. The summed E-state index contributed by atoms with van der Waals surface area (Å²) in [6, 6.07) is 6.69. The fourth-order valence-electron chi connectivity index (χ4n) is 4.01. The van der Waals surface area contributed by atoms with E-state index in [0.717, 1.165) is 57.7 Å². The fraction of sp³-hybridized carbons (Fsp3) is 0.632. The molecule has 3 N–H and O–H groups in total. The first-order chi connectivity index (χ1) is 12.2. The van der Waals surface area contributed by atoms with Crippen molar-refractivity contribution in [3.05, 3.63) is 30.1 Å². The van der Waals surface area contributed by atoms with Crippen molar-refractivity contribution in [1.82, 2.24) is 10.2 Å². The van der Waals surface area contributed by atoms with Crippen LogP contribution >= 0.6 is 37.2 Å². The Morgan fingerprint density at radius 3 is 2.32 bits per heavy atom. The average molecular weight is 458 g/mol. The van der Waals surface area contributed by atoms with E-state index in [-0.39, 0.29) is 54.9 Å². The van der Waals surface area contributed by atoms with Crippen LogP contribution in [0.3, 0.4) is 0 Å². The van der Waals surface area contributed by atoms with Crippen molar-refractivity contribution < 1.29 is 9.18 Å². The van der Waals surface area contributed by atoms with Gasteiger partial charge in [0.2, 0.25) is 5.91 Å². The molecule has 9 heteroatoms. The molecule has 28 heavy (non-hydrogen) atoms. The third kappa shape index (κ3) is 7.23. The number of anilines is 1. The maximum Gasteiger partial charge on any atom is 0.223 e. The van der Waals surface area contributed by atoms with Gasteiger partial charge in [0.25, 0.3) is 0 Å². The van der Waals surface area contributed by atoms with Gasteiger partial charge in [-0.3, -0.25) is 9.69 Å². The van der Waals surface area contributed by atoms with Gasteiger partial charge in [0.15, 0.2) is 0 Å². The zero-order valence-electron chi connectivity index (χ0n) is 16.0. The van der Waals surface area contributed by atoms with Crippen molar-refractivity contribution in [2.24, 2.45) is 17.6 Å². The first-order valence-electron chi connectivity index (χ1n) is 9.38. The Kier molecular flexibility index (Phi) is 13.1. The summed E-state index contributed by atoms with van der Waals surface area (Å²) < 4.78 is 13.0. The van der Waals surface area contributed by atoms with Gasteiger partial charge in [0.05, 0.1) is 0 Å². The largest absolute Gasteiger partial charge is 0.369 e. The third-order valence-corrected chi connectivity index (χ3v) is 5.59. The van der Waals surface area contributed by atoms with Gasteiger partial charge in [0.1, 0.15) is 5.82 Å². The zero-order chi connectivity index (χ0) is 17.6. The van der Waals surface area contributed by atoms with Crippen LogP contribution in [0.1, 0.15) is 19.3 Å². The molecule has 2 aliphatic rings. The minimum Gasteiger partial charge on any atom is -0.369 e. The van der Waals surface area contributed by atoms with Crippen molar-refractivity contribution in [2.75, 3.05) is 50.7 Å². The number of hydrogen-bond donors (Lipinski definition) is 2. The van der Waals surface area contributed by atoms with Gasteiger partial charge in [-0.25, -0.2) is 4.39 Å². The first kappa shape index (κ1) is 27.2. The van der Waals surface area contributed by atoms with Crippen molar-refractivity contribution in [1.29, 1.82) is 0 Å². The summed E-state index contributed by atoms with van der Waals surface area (Å²) in [5, 5.41) is 3.09. The summed E-state index contributed by atoms with van der Waals surface area (Å²) in [6.07, 6.45) is 3.18. The Bertz CT molecular complexity index is 571. The molecular formula is C19H32Cl3FN4O. The number of halogens is 4. The average Bonchev–Trinajstić information content (AvgIpc) is 3.12. The van der Waals surface area contributed by atoms with Crippen LogP contribution < -0.4 is 16.0 Å².